The fourth-order valence-electron chi connectivity index (χ4n) is 3.59. The zero-order chi connectivity index (χ0) is 14.8. The van der Waals surface area contributed by atoms with Gasteiger partial charge in [-0.2, -0.15) is 0 Å². The van der Waals surface area contributed by atoms with Crippen molar-refractivity contribution in [3.63, 3.8) is 0 Å². The van der Waals surface area contributed by atoms with Crippen LogP contribution in [0.1, 0.15) is 52.4 Å². The summed E-state index contributed by atoms with van der Waals surface area (Å²) in [4.78, 5) is 14.7. The van der Waals surface area contributed by atoms with Crippen LogP contribution in [0.25, 0.3) is 0 Å². The molecule has 3 unspecified atom stereocenters. The van der Waals surface area contributed by atoms with Crippen LogP contribution >= 0.6 is 0 Å². The molecule has 0 bridgehead atoms. The summed E-state index contributed by atoms with van der Waals surface area (Å²) in [6.45, 7) is 5.34. The topological polar surface area (TPSA) is 41.6 Å². The molecule has 116 valence electrons. The molecule has 2 aliphatic rings. The van der Waals surface area contributed by atoms with E-state index < -0.39 is 5.54 Å². The summed E-state index contributed by atoms with van der Waals surface area (Å²) in [5.41, 5.74) is -0.451. The number of methoxy groups -OCH3 is 1. The average molecular weight is 282 g/mol. The van der Waals surface area contributed by atoms with Gasteiger partial charge in [-0.15, -0.1) is 0 Å². The maximum Gasteiger partial charge on any atom is 0.326 e. The number of hydrogen-bond acceptors (Lipinski definition) is 4. The number of esters is 1. The first-order valence-corrected chi connectivity index (χ1v) is 8.09. The van der Waals surface area contributed by atoms with Crippen LogP contribution in [-0.4, -0.2) is 49.2 Å². The van der Waals surface area contributed by atoms with E-state index in [1.54, 1.807) is 0 Å². The number of nitrogens with zero attached hydrogens (tertiary/aromatic N) is 1. The second-order valence-corrected chi connectivity index (χ2v) is 6.64. The van der Waals surface area contributed by atoms with Crippen LogP contribution in [0.5, 0.6) is 0 Å². The fraction of sp³-hybridized carbons (Fsp3) is 0.938. The van der Waals surface area contributed by atoms with Gasteiger partial charge in [0.1, 0.15) is 5.54 Å². The predicted octanol–water partition coefficient (Wildman–Crippen LogP) is 2.18. The first kappa shape index (κ1) is 15.8. The monoisotopic (exact) mass is 282 g/mol. The number of nitrogens with one attached hydrogen (secondary N) is 1. The number of ether oxygens (including phenoxy) is 1. The van der Waals surface area contributed by atoms with Crippen LogP contribution in [0, 0.1) is 5.92 Å². The minimum atomic E-state index is -0.451. The van der Waals surface area contributed by atoms with Crippen molar-refractivity contribution >= 4 is 5.97 Å². The van der Waals surface area contributed by atoms with Gasteiger partial charge in [0.2, 0.25) is 0 Å². The summed E-state index contributed by atoms with van der Waals surface area (Å²) in [7, 11) is 3.72. The summed E-state index contributed by atoms with van der Waals surface area (Å²) in [6.07, 6.45) is 6.64. The Morgan fingerprint density at radius 2 is 2.15 bits per heavy atom. The maximum absolute atomic E-state index is 12.2. The number of hydrogen-bond donors (Lipinski definition) is 1. The molecule has 3 atom stereocenters. The van der Waals surface area contributed by atoms with Crippen molar-refractivity contribution < 1.29 is 9.53 Å². The third kappa shape index (κ3) is 3.17. The van der Waals surface area contributed by atoms with Crippen molar-refractivity contribution in [2.45, 2.75) is 70.0 Å². The van der Waals surface area contributed by atoms with Gasteiger partial charge in [-0.05, 0) is 65.0 Å². The van der Waals surface area contributed by atoms with Gasteiger partial charge in [0.25, 0.3) is 0 Å². The van der Waals surface area contributed by atoms with Gasteiger partial charge in [0.05, 0.1) is 7.11 Å². The van der Waals surface area contributed by atoms with Crippen molar-refractivity contribution in [3.8, 4) is 0 Å². The molecule has 4 nitrogen and oxygen atoms in total. The highest BCUT2D eigenvalue weighted by atomic mass is 16.5. The first-order valence-electron chi connectivity index (χ1n) is 8.09. The minimum Gasteiger partial charge on any atom is -0.468 e. The van der Waals surface area contributed by atoms with E-state index in [-0.39, 0.29) is 5.97 Å². The van der Waals surface area contributed by atoms with Gasteiger partial charge in [0, 0.05) is 12.1 Å². The lowest BCUT2D eigenvalue weighted by molar-refractivity contribution is -0.148. The fourth-order valence-corrected chi connectivity index (χ4v) is 3.59. The Labute approximate surface area is 123 Å². The maximum atomic E-state index is 12.2. The van der Waals surface area contributed by atoms with Crippen LogP contribution in [0.15, 0.2) is 0 Å². The summed E-state index contributed by atoms with van der Waals surface area (Å²) < 4.78 is 5.06. The molecule has 2 aliphatic carbocycles. The van der Waals surface area contributed by atoms with Crippen LogP contribution in [-0.2, 0) is 9.53 Å². The lowest BCUT2D eigenvalue weighted by Gasteiger charge is -2.33. The van der Waals surface area contributed by atoms with E-state index in [9.17, 15) is 4.79 Å². The Balaban J connectivity index is 2.00. The quantitative estimate of drug-likeness (QED) is 0.727. The Hall–Kier alpha value is -0.610. The molecule has 0 radical (unpaired) electrons. The molecule has 0 aromatic carbocycles. The van der Waals surface area contributed by atoms with E-state index in [1.165, 1.54) is 20.0 Å². The zero-order valence-corrected chi connectivity index (χ0v) is 13.4. The highest BCUT2D eigenvalue weighted by molar-refractivity contribution is 5.81. The van der Waals surface area contributed by atoms with Gasteiger partial charge in [-0.1, -0.05) is 6.92 Å². The minimum absolute atomic E-state index is 0.0825. The van der Waals surface area contributed by atoms with Crippen molar-refractivity contribution in [2.24, 2.45) is 5.92 Å². The van der Waals surface area contributed by atoms with Gasteiger partial charge >= 0.3 is 5.97 Å². The van der Waals surface area contributed by atoms with E-state index in [1.807, 2.05) is 0 Å². The Morgan fingerprint density at radius 3 is 2.70 bits per heavy atom. The summed E-state index contributed by atoms with van der Waals surface area (Å²) in [5, 5.41) is 3.46. The second kappa shape index (κ2) is 6.44. The smallest absolute Gasteiger partial charge is 0.326 e. The Bertz CT molecular complexity index is 343. The Morgan fingerprint density at radius 1 is 1.45 bits per heavy atom. The molecule has 0 amide bonds. The summed E-state index contributed by atoms with van der Waals surface area (Å²) in [5.74, 6) is 0.789. The number of carbonyl (C=O) groups is 1. The van der Waals surface area contributed by atoms with Crippen molar-refractivity contribution in [1.82, 2.24) is 10.2 Å². The zero-order valence-electron chi connectivity index (χ0n) is 13.4. The van der Waals surface area contributed by atoms with Crippen LogP contribution in [0.3, 0.4) is 0 Å². The molecule has 4 heteroatoms. The third-order valence-corrected chi connectivity index (χ3v) is 5.30. The van der Waals surface area contributed by atoms with Crippen LogP contribution in [0.2, 0.25) is 0 Å². The van der Waals surface area contributed by atoms with E-state index in [4.69, 9.17) is 4.74 Å². The molecule has 0 spiro atoms. The average Bonchev–Trinajstić information content (AvgIpc) is 3.23. The molecule has 0 saturated heterocycles. The molecule has 20 heavy (non-hydrogen) atoms. The highest BCUT2D eigenvalue weighted by Crippen LogP contribution is 2.39. The van der Waals surface area contributed by atoms with Crippen molar-refractivity contribution in [1.29, 1.82) is 0 Å². The molecular formula is C16H30N2O2. The molecule has 2 saturated carbocycles. The molecule has 0 aliphatic heterocycles. The molecule has 0 heterocycles. The van der Waals surface area contributed by atoms with Crippen molar-refractivity contribution in [3.05, 3.63) is 0 Å². The molecule has 2 fully saturated rings. The lowest BCUT2D eigenvalue weighted by Crippen LogP contribution is -2.52. The SMILES string of the molecule is CCCNC1(C(=O)OC)CCC(N(C)C(C)C2CC2)C1. The molecule has 0 aromatic rings. The van der Waals surface area contributed by atoms with Gasteiger partial charge in [0.15, 0.2) is 0 Å². The predicted molar refractivity (Wildman–Crippen MR) is 80.6 cm³/mol. The summed E-state index contributed by atoms with van der Waals surface area (Å²) in [6, 6.07) is 1.13. The van der Waals surface area contributed by atoms with Crippen LogP contribution in [0.4, 0.5) is 0 Å². The van der Waals surface area contributed by atoms with E-state index in [0.29, 0.717) is 12.1 Å². The number of rotatable bonds is 7. The largest absolute Gasteiger partial charge is 0.468 e. The molecular weight excluding hydrogens is 252 g/mol. The van der Waals surface area contributed by atoms with Crippen molar-refractivity contribution in [2.75, 3.05) is 20.7 Å². The number of carbonyl (C=O) groups excluding carboxylic acids is 1. The normalized spacial score (nSPS) is 31.6. The van der Waals surface area contributed by atoms with Crippen LogP contribution < -0.4 is 5.32 Å². The van der Waals surface area contributed by atoms with E-state index in [2.05, 4.69) is 31.1 Å². The summed E-state index contributed by atoms with van der Waals surface area (Å²) >= 11 is 0. The first-order chi connectivity index (χ1) is 9.54. The second-order valence-electron chi connectivity index (χ2n) is 6.64. The molecule has 2 rings (SSSR count). The lowest BCUT2D eigenvalue weighted by atomic mass is 9.96. The standard InChI is InChI=1S/C16H30N2O2/c1-5-10-17-16(15(19)20-4)9-8-14(11-16)18(3)12(2)13-6-7-13/h12-14,17H,5-11H2,1-4H3. The van der Waals surface area contributed by atoms with E-state index >= 15 is 0 Å². The van der Waals surface area contributed by atoms with Gasteiger partial charge < -0.3 is 15.0 Å². The highest BCUT2D eigenvalue weighted by Gasteiger charge is 2.48. The Kier molecular flexibility index (Phi) is 5.08. The molecule has 0 aromatic heterocycles. The third-order valence-electron chi connectivity index (χ3n) is 5.30. The van der Waals surface area contributed by atoms with Gasteiger partial charge in [-0.3, -0.25) is 4.79 Å². The molecule has 1 N–H and O–H groups in total. The van der Waals surface area contributed by atoms with E-state index in [0.717, 1.165) is 38.1 Å². The van der Waals surface area contributed by atoms with Gasteiger partial charge in [-0.25, -0.2) is 0 Å².